The minimum absolute atomic E-state index is 0.0623. The maximum atomic E-state index is 12.6. The van der Waals surface area contributed by atoms with Gasteiger partial charge in [-0.25, -0.2) is 9.59 Å². The highest BCUT2D eigenvalue weighted by Gasteiger charge is 2.48. The van der Waals surface area contributed by atoms with Crippen LogP contribution in [0.15, 0.2) is 36.4 Å². The van der Waals surface area contributed by atoms with Gasteiger partial charge in [0, 0.05) is 12.2 Å². The SMILES string of the molecule is COc1cc(/C=C/C(=O)OC[C@H]2O[C@@H](OC[C@H]3O[C@@H](OC(=O)/C=C/c4cc(OC)c(O)c(OC)c4)[C@H](O)[C@@H](O)[C@@H]3O)[C@H](O)[C@@H](O)[C@@H]2O)cc(OC)c1O. The summed E-state index contributed by atoms with van der Waals surface area (Å²) in [5.74, 6) is -2.13. The molecule has 0 aliphatic carbocycles. The topological polar surface area (TPSA) is 279 Å². The van der Waals surface area contributed by atoms with Crippen molar-refractivity contribution in [1.29, 1.82) is 0 Å². The van der Waals surface area contributed by atoms with E-state index in [9.17, 15) is 50.4 Å². The van der Waals surface area contributed by atoms with Gasteiger partial charge in [-0.15, -0.1) is 0 Å². The second-order valence-corrected chi connectivity index (χ2v) is 11.6. The number of aliphatic hydroxyl groups is 6. The van der Waals surface area contributed by atoms with Crippen LogP contribution in [0.1, 0.15) is 11.1 Å². The Labute approximate surface area is 302 Å². The number of esters is 2. The van der Waals surface area contributed by atoms with Gasteiger partial charge in [0.2, 0.25) is 17.8 Å². The van der Waals surface area contributed by atoms with Crippen LogP contribution in [0.4, 0.5) is 0 Å². The number of hydrogen-bond acceptors (Lipinski definition) is 19. The molecule has 2 aliphatic heterocycles. The average molecular weight is 755 g/mol. The van der Waals surface area contributed by atoms with Gasteiger partial charge in [-0.1, -0.05) is 0 Å². The third-order valence-corrected chi connectivity index (χ3v) is 8.21. The summed E-state index contributed by atoms with van der Waals surface area (Å²) in [5, 5.41) is 82.9. The van der Waals surface area contributed by atoms with E-state index in [2.05, 4.69) is 0 Å². The first-order valence-electron chi connectivity index (χ1n) is 15.9. The predicted molar refractivity (Wildman–Crippen MR) is 177 cm³/mol. The molecule has 2 aromatic carbocycles. The molecule has 0 spiro atoms. The summed E-state index contributed by atoms with van der Waals surface area (Å²) < 4.78 is 47.1. The van der Waals surface area contributed by atoms with Crippen molar-refractivity contribution in [2.45, 2.75) is 61.4 Å². The number of ether oxygens (including phenoxy) is 9. The summed E-state index contributed by atoms with van der Waals surface area (Å²) >= 11 is 0. The summed E-state index contributed by atoms with van der Waals surface area (Å²) in [4.78, 5) is 25.0. The lowest BCUT2D eigenvalue weighted by molar-refractivity contribution is -0.326. The second-order valence-electron chi connectivity index (χ2n) is 11.6. The number of carbonyl (C=O) groups excluding carboxylic acids is 2. The molecule has 19 heteroatoms. The molecule has 0 bridgehead atoms. The molecule has 2 saturated heterocycles. The summed E-state index contributed by atoms with van der Waals surface area (Å²) in [5.41, 5.74) is 0.767. The van der Waals surface area contributed by atoms with Crippen LogP contribution >= 0.6 is 0 Å². The van der Waals surface area contributed by atoms with Gasteiger partial charge in [0.1, 0.15) is 55.4 Å². The van der Waals surface area contributed by atoms with Crippen molar-refractivity contribution >= 4 is 24.1 Å². The zero-order chi connectivity index (χ0) is 39.0. The van der Waals surface area contributed by atoms with Crippen LogP contribution in [-0.4, -0.2) is 156 Å². The van der Waals surface area contributed by atoms with Gasteiger partial charge in [0.05, 0.1) is 35.0 Å². The molecule has 2 heterocycles. The molecule has 0 unspecified atom stereocenters. The molecule has 0 amide bonds. The number of phenolic OH excluding ortho intramolecular Hbond substituents is 2. The van der Waals surface area contributed by atoms with Crippen LogP contribution in [0, 0.1) is 0 Å². The fraction of sp³-hybridized carbons (Fsp3) is 0.471. The molecule has 53 heavy (non-hydrogen) atoms. The first kappa shape index (κ1) is 41.1. The van der Waals surface area contributed by atoms with Gasteiger partial charge in [-0.3, -0.25) is 0 Å². The Morgan fingerprint density at radius 1 is 0.585 bits per heavy atom. The molecule has 8 N–H and O–H groups in total. The van der Waals surface area contributed by atoms with E-state index in [-0.39, 0.29) is 34.5 Å². The van der Waals surface area contributed by atoms with Crippen molar-refractivity contribution < 1.29 is 93.1 Å². The average Bonchev–Trinajstić information content (AvgIpc) is 3.15. The summed E-state index contributed by atoms with van der Waals surface area (Å²) in [6.45, 7) is -1.28. The Morgan fingerprint density at radius 2 is 0.981 bits per heavy atom. The van der Waals surface area contributed by atoms with E-state index in [0.29, 0.717) is 11.1 Å². The molecule has 19 nitrogen and oxygen atoms in total. The standard InChI is InChI=1S/C34H42O19/c1-45-17-9-15(10-18(46-2)25(17)37)5-7-23(35)49-13-21-27(39)29(41)31(43)33(51-21)50-14-22-28(40)30(42)32(44)34(52-22)53-24(36)8-6-16-11-19(47-3)26(38)20(12-16)48-4/h5-12,21-22,27-34,37-44H,13-14H2,1-4H3/b7-5+,8-6+/t21-,22-,27-,28-,29+,30+,31-,32-,33-,34+/m1/s1. The summed E-state index contributed by atoms with van der Waals surface area (Å²) in [6.07, 6.45) is -12.8. The Morgan fingerprint density at radius 3 is 1.43 bits per heavy atom. The van der Waals surface area contributed by atoms with E-state index in [4.69, 9.17) is 42.6 Å². The van der Waals surface area contributed by atoms with Crippen LogP contribution in [0.25, 0.3) is 12.2 Å². The van der Waals surface area contributed by atoms with Crippen LogP contribution in [0.3, 0.4) is 0 Å². The molecule has 292 valence electrons. The third-order valence-electron chi connectivity index (χ3n) is 8.21. The monoisotopic (exact) mass is 754 g/mol. The highest BCUT2D eigenvalue weighted by Crippen LogP contribution is 2.38. The lowest BCUT2D eigenvalue weighted by atomic mass is 9.98. The molecule has 2 aliphatic rings. The number of aliphatic hydroxyl groups excluding tert-OH is 6. The van der Waals surface area contributed by atoms with Crippen molar-refractivity contribution in [2.24, 2.45) is 0 Å². The number of benzene rings is 2. The van der Waals surface area contributed by atoms with E-state index in [1.807, 2.05) is 0 Å². The first-order valence-corrected chi connectivity index (χ1v) is 15.9. The molecular weight excluding hydrogens is 712 g/mol. The zero-order valence-electron chi connectivity index (χ0n) is 28.9. The van der Waals surface area contributed by atoms with Crippen LogP contribution in [-0.2, 0) is 33.3 Å². The van der Waals surface area contributed by atoms with Crippen molar-refractivity contribution in [3.8, 4) is 34.5 Å². The van der Waals surface area contributed by atoms with Crippen LogP contribution in [0.5, 0.6) is 34.5 Å². The van der Waals surface area contributed by atoms with E-state index >= 15 is 0 Å². The van der Waals surface area contributed by atoms with Gasteiger partial charge < -0.3 is 83.5 Å². The molecule has 10 atom stereocenters. The minimum Gasteiger partial charge on any atom is -0.502 e. The largest absolute Gasteiger partial charge is 0.502 e. The highest BCUT2D eigenvalue weighted by atomic mass is 16.7. The maximum Gasteiger partial charge on any atom is 0.333 e. The Bertz CT molecular complexity index is 1580. The number of methoxy groups -OCH3 is 4. The number of phenols is 2. The van der Waals surface area contributed by atoms with E-state index in [1.54, 1.807) is 0 Å². The van der Waals surface area contributed by atoms with E-state index < -0.39 is 86.6 Å². The Hall–Kier alpha value is -4.70. The molecule has 2 fully saturated rings. The van der Waals surface area contributed by atoms with Crippen molar-refractivity contribution in [3.63, 3.8) is 0 Å². The van der Waals surface area contributed by atoms with Crippen molar-refractivity contribution in [2.75, 3.05) is 41.7 Å². The first-order chi connectivity index (χ1) is 25.2. The Kier molecular flexibility index (Phi) is 14.2. The van der Waals surface area contributed by atoms with Gasteiger partial charge >= 0.3 is 11.9 Å². The normalized spacial score (nSPS) is 28.8. The fourth-order valence-corrected chi connectivity index (χ4v) is 5.25. The smallest absolute Gasteiger partial charge is 0.333 e. The molecule has 4 rings (SSSR count). The fourth-order valence-electron chi connectivity index (χ4n) is 5.25. The molecule has 0 aromatic heterocycles. The lowest BCUT2D eigenvalue weighted by Gasteiger charge is -2.42. The van der Waals surface area contributed by atoms with Crippen molar-refractivity contribution in [3.05, 3.63) is 47.5 Å². The second kappa shape index (κ2) is 18.4. The lowest BCUT2D eigenvalue weighted by Crippen LogP contribution is -2.62. The van der Waals surface area contributed by atoms with Crippen molar-refractivity contribution in [1.82, 2.24) is 0 Å². The third kappa shape index (κ3) is 9.84. The van der Waals surface area contributed by atoms with E-state index in [0.717, 1.165) is 12.2 Å². The van der Waals surface area contributed by atoms with E-state index in [1.165, 1.54) is 64.9 Å². The number of rotatable bonds is 14. The highest BCUT2D eigenvalue weighted by molar-refractivity contribution is 5.88. The molecule has 0 saturated carbocycles. The Balaban J connectivity index is 1.35. The predicted octanol–water partition coefficient (Wildman–Crippen LogP) is -1.42. The van der Waals surface area contributed by atoms with Gasteiger partial charge in [-0.05, 0) is 47.5 Å². The number of carbonyl (C=O) groups is 2. The molecule has 0 radical (unpaired) electrons. The van der Waals surface area contributed by atoms with Gasteiger partial charge in [-0.2, -0.15) is 0 Å². The van der Waals surface area contributed by atoms with Crippen LogP contribution < -0.4 is 18.9 Å². The number of aromatic hydroxyl groups is 2. The maximum absolute atomic E-state index is 12.6. The minimum atomic E-state index is -1.90. The quantitative estimate of drug-likeness (QED) is 0.0811. The van der Waals surface area contributed by atoms with Gasteiger partial charge in [0.25, 0.3) is 0 Å². The zero-order valence-corrected chi connectivity index (χ0v) is 28.9. The number of hydrogen-bond donors (Lipinski definition) is 8. The summed E-state index contributed by atoms with van der Waals surface area (Å²) in [7, 11) is 5.30. The summed E-state index contributed by atoms with van der Waals surface area (Å²) in [6, 6.07) is 5.67. The molecule has 2 aromatic rings. The molecular formula is C34H42O19. The van der Waals surface area contributed by atoms with Crippen LogP contribution in [0.2, 0.25) is 0 Å². The van der Waals surface area contributed by atoms with Gasteiger partial charge in [0.15, 0.2) is 29.3 Å².